The van der Waals surface area contributed by atoms with E-state index in [0.717, 1.165) is 0 Å². The largest absolute Gasteiger partial charge is 0.459 e. The topological polar surface area (TPSA) is 126 Å². The molecule has 0 bridgehead atoms. The van der Waals surface area contributed by atoms with E-state index in [9.17, 15) is 19.2 Å². The molecular weight excluding hydrogens is 566 g/mol. The Kier molecular flexibility index (Phi) is 11.8. The van der Waals surface area contributed by atoms with E-state index in [1.165, 1.54) is 6.92 Å². The number of hydrogen-bond donors (Lipinski definition) is 1. The third kappa shape index (κ3) is 8.85. The predicted octanol–water partition coefficient (Wildman–Crippen LogP) is 4.51. The lowest BCUT2D eigenvalue weighted by molar-refractivity contribution is -0.269. The van der Waals surface area contributed by atoms with Crippen molar-refractivity contribution in [3.8, 4) is 0 Å². The van der Waals surface area contributed by atoms with Gasteiger partial charge in [-0.25, -0.2) is 14.4 Å². The molecular formula is C34H35NO9. The zero-order valence-corrected chi connectivity index (χ0v) is 24.3. The number of amides is 1. The second-order valence-corrected chi connectivity index (χ2v) is 10.0. The molecule has 3 aromatic carbocycles. The number of nitrogens with one attached hydrogen (secondary N) is 1. The summed E-state index contributed by atoms with van der Waals surface area (Å²) < 4.78 is 29.7. The summed E-state index contributed by atoms with van der Waals surface area (Å²) in [5.74, 6) is -2.54. The summed E-state index contributed by atoms with van der Waals surface area (Å²) in [6, 6.07) is 23.7. The van der Waals surface area contributed by atoms with Crippen LogP contribution in [0.15, 0.2) is 104 Å². The average molecular weight is 602 g/mol. The maximum Gasteiger partial charge on any atom is 0.338 e. The first-order valence-corrected chi connectivity index (χ1v) is 14.3. The molecule has 3 aromatic rings. The molecule has 1 heterocycles. The lowest BCUT2D eigenvalue weighted by Gasteiger charge is -2.45. The number of carbonyl (C=O) groups is 4. The van der Waals surface area contributed by atoms with E-state index in [-0.39, 0.29) is 24.3 Å². The van der Waals surface area contributed by atoms with Gasteiger partial charge in [-0.2, -0.15) is 0 Å². The van der Waals surface area contributed by atoms with Crippen LogP contribution in [0, 0.1) is 0 Å². The molecule has 0 spiro atoms. The quantitative estimate of drug-likeness (QED) is 0.130. The summed E-state index contributed by atoms with van der Waals surface area (Å²) in [5.41, 5.74) is 0.783. The Morgan fingerprint density at radius 3 is 1.77 bits per heavy atom. The third-order valence-corrected chi connectivity index (χ3v) is 6.74. The van der Waals surface area contributed by atoms with Crippen LogP contribution >= 0.6 is 0 Å². The first kappa shape index (κ1) is 32.1. The van der Waals surface area contributed by atoms with E-state index in [0.29, 0.717) is 18.4 Å². The van der Waals surface area contributed by atoms with Crippen LogP contribution in [-0.2, 0) is 28.5 Å². The first-order valence-electron chi connectivity index (χ1n) is 14.3. The zero-order chi connectivity index (χ0) is 31.3. The van der Waals surface area contributed by atoms with Gasteiger partial charge in [0.2, 0.25) is 5.91 Å². The Balaban J connectivity index is 1.70. The summed E-state index contributed by atoms with van der Waals surface area (Å²) in [7, 11) is 0. The van der Waals surface area contributed by atoms with Crippen molar-refractivity contribution in [1.82, 2.24) is 5.32 Å². The molecule has 1 saturated heterocycles. The van der Waals surface area contributed by atoms with Gasteiger partial charge in [0.25, 0.3) is 0 Å². The van der Waals surface area contributed by atoms with Crippen LogP contribution in [0.25, 0.3) is 0 Å². The van der Waals surface area contributed by atoms with Crippen LogP contribution in [0.2, 0.25) is 0 Å². The second-order valence-electron chi connectivity index (χ2n) is 10.0. The Morgan fingerprint density at radius 2 is 1.27 bits per heavy atom. The molecule has 0 aliphatic carbocycles. The molecule has 1 fully saturated rings. The fourth-order valence-corrected chi connectivity index (χ4v) is 4.62. The maximum absolute atomic E-state index is 13.4. The molecule has 10 heteroatoms. The summed E-state index contributed by atoms with van der Waals surface area (Å²) in [4.78, 5) is 51.9. The monoisotopic (exact) mass is 601 g/mol. The molecule has 0 aromatic heterocycles. The van der Waals surface area contributed by atoms with Gasteiger partial charge in [-0.3, -0.25) is 4.79 Å². The molecule has 0 radical (unpaired) electrons. The minimum atomic E-state index is -1.32. The summed E-state index contributed by atoms with van der Waals surface area (Å²) in [6.45, 7) is 4.85. The van der Waals surface area contributed by atoms with Gasteiger partial charge in [0, 0.05) is 6.92 Å². The van der Waals surface area contributed by atoms with Gasteiger partial charge in [-0.15, -0.1) is 6.58 Å². The molecule has 5 atom stereocenters. The SMILES string of the molecule is C=CCCCO[C@@H]1O[C@H](COC(=O)c2ccccc2)[C@@H](OC(=O)c2ccccc2)[C@H](OC(=O)c2ccccc2)[C@H]1NC(C)=O. The van der Waals surface area contributed by atoms with E-state index in [4.69, 9.17) is 23.7 Å². The fourth-order valence-electron chi connectivity index (χ4n) is 4.62. The lowest BCUT2D eigenvalue weighted by atomic mass is 9.95. The van der Waals surface area contributed by atoms with Crippen LogP contribution in [0.5, 0.6) is 0 Å². The number of unbranched alkanes of at least 4 members (excludes halogenated alkanes) is 1. The van der Waals surface area contributed by atoms with Gasteiger partial charge in [0.15, 0.2) is 18.5 Å². The number of hydrogen-bond acceptors (Lipinski definition) is 9. The van der Waals surface area contributed by atoms with Crippen molar-refractivity contribution in [1.29, 1.82) is 0 Å². The van der Waals surface area contributed by atoms with Gasteiger partial charge in [0.1, 0.15) is 18.8 Å². The highest BCUT2D eigenvalue weighted by atomic mass is 16.7. The predicted molar refractivity (Wildman–Crippen MR) is 160 cm³/mol. The number of benzene rings is 3. The van der Waals surface area contributed by atoms with Gasteiger partial charge >= 0.3 is 17.9 Å². The van der Waals surface area contributed by atoms with Crippen LogP contribution < -0.4 is 5.32 Å². The molecule has 1 aliphatic heterocycles. The van der Waals surface area contributed by atoms with Crippen molar-refractivity contribution in [2.75, 3.05) is 13.2 Å². The second kappa shape index (κ2) is 16.2. The van der Waals surface area contributed by atoms with Crippen LogP contribution in [0.3, 0.4) is 0 Å². The smallest absolute Gasteiger partial charge is 0.338 e. The van der Waals surface area contributed by atoms with Crippen LogP contribution in [0.1, 0.15) is 50.8 Å². The van der Waals surface area contributed by atoms with Gasteiger partial charge < -0.3 is 29.0 Å². The third-order valence-electron chi connectivity index (χ3n) is 6.74. The summed E-state index contributed by atoms with van der Waals surface area (Å²) in [6.07, 6.45) is -1.89. The van der Waals surface area contributed by atoms with Crippen molar-refractivity contribution in [2.45, 2.75) is 50.4 Å². The van der Waals surface area contributed by atoms with Crippen molar-refractivity contribution < 1.29 is 42.9 Å². The number of esters is 3. The summed E-state index contributed by atoms with van der Waals surface area (Å²) >= 11 is 0. The first-order chi connectivity index (χ1) is 21.4. The molecule has 1 amide bonds. The molecule has 1 aliphatic rings. The summed E-state index contributed by atoms with van der Waals surface area (Å²) in [5, 5.41) is 2.75. The Labute approximate surface area is 255 Å². The highest BCUT2D eigenvalue weighted by molar-refractivity contribution is 5.91. The Hall–Kier alpha value is -4.80. The van der Waals surface area contributed by atoms with Crippen molar-refractivity contribution >= 4 is 23.8 Å². The molecule has 4 rings (SSSR count). The number of ether oxygens (including phenoxy) is 5. The van der Waals surface area contributed by atoms with E-state index in [1.807, 2.05) is 0 Å². The fraction of sp³-hybridized carbons (Fsp3) is 0.294. The van der Waals surface area contributed by atoms with E-state index < -0.39 is 54.5 Å². The molecule has 10 nitrogen and oxygen atoms in total. The van der Waals surface area contributed by atoms with Crippen molar-refractivity contribution in [3.05, 3.63) is 120 Å². The molecule has 44 heavy (non-hydrogen) atoms. The molecule has 0 unspecified atom stereocenters. The highest BCUT2D eigenvalue weighted by Gasteiger charge is 2.52. The molecule has 0 saturated carbocycles. The van der Waals surface area contributed by atoms with Crippen LogP contribution in [-0.4, -0.2) is 67.7 Å². The van der Waals surface area contributed by atoms with Gasteiger partial charge in [-0.05, 0) is 49.2 Å². The minimum Gasteiger partial charge on any atom is -0.459 e. The van der Waals surface area contributed by atoms with Gasteiger partial charge in [0.05, 0.1) is 23.3 Å². The zero-order valence-electron chi connectivity index (χ0n) is 24.3. The van der Waals surface area contributed by atoms with E-state index in [1.54, 1.807) is 97.1 Å². The standard InChI is InChI=1S/C34H35NO9/c1-3-4-14-21-40-34-28(35-23(2)36)30(44-33(39)26-19-12-7-13-20-26)29(43-32(38)25-17-10-6-11-18-25)27(42-34)22-41-31(37)24-15-8-5-9-16-24/h3,5-13,15-20,27-30,34H,1,4,14,21-22H2,2H3,(H,35,36)/t27-,28-,29-,30-,34-/m1/s1. The minimum absolute atomic E-state index is 0.219. The Morgan fingerprint density at radius 1 is 0.773 bits per heavy atom. The maximum atomic E-state index is 13.4. The van der Waals surface area contributed by atoms with Crippen LogP contribution in [0.4, 0.5) is 0 Å². The van der Waals surface area contributed by atoms with Crippen molar-refractivity contribution in [3.63, 3.8) is 0 Å². The molecule has 230 valence electrons. The number of allylic oxidation sites excluding steroid dienone is 1. The van der Waals surface area contributed by atoms with E-state index in [2.05, 4.69) is 11.9 Å². The normalized spacial score (nSPS) is 21.0. The van der Waals surface area contributed by atoms with Gasteiger partial charge in [-0.1, -0.05) is 60.7 Å². The van der Waals surface area contributed by atoms with E-state index >= 15 is 0 Å². The lowest BCUT2D eigenvalue weighted by Crippen LogP contribution is -2.66. The number of carbonyl (C=O) groups excluding carboxylic acids is 4. The number of rotatable bonds is 13. The molecule has 1 N–H and O–H groups in total. The Bertz CT molecular complexity index is 1400. The highest BCUT2D eigenvalue weighted by Crippen LogP contribution is 2.29. The van der Waals surface area contributed by atoms with Crippen molar-refractivity contribution in [2.24, 2.45) is 0 Å². The average Bonchev–Trinajstić information content (AvgIpc) is 3.05.